The molecular formula is C9H12ClN3O4S. The summed E-state index contributed by atoms with van der Waals surface area (Å²) in [5.41, 5.74) is -0.0920. The zero-order valence-electron chi connectivity index (χ0n) is 9.47. The van der Waals surface area contributed by atoms with Crippen LogP contribution in [0.2, 0.25) is 5.02 Å². The van der Waals surface area contributed by atoms with Crippen molar-refractivity contribution >= 4 is 33.4 Å². The van der Waals surface area contributed by atoms with Crippen molar-refractivity contribution in [2.45, 2.75) is 0 Å². The first-order chi connectivity index (χ1) is 8.35. The van der Waals surface area contributed by atoms with E-state index in [0.717, 1.165) is 0 Å². The van der Waals surface area contributed by atoms with Gasteiger partial charge in [0.2, 0.25) is 10.0 Å². The fraction of sp³-hybridized carbons (Fsp3) is 0.333. The third kappa shape index (κ3) is 4.13. The predicted octanol–water partition coefficient (Wildman–Crippen LogP) is 0.394. The van der Waals surface area contributed by atoms with Gasteiger partial charge in [-0.3, -0.25) is 0 Å². The number of sulfonamides is 1. The summed E-state index contributed by atoms with van der Waals surface area (Å²) >= 11 is 5.64. The second-order valence-electron chi connectivity index (χ2n) is 3.30. The standard InChI is InChI=1S/C9H12ClN3O4S/c1-11-18(16,17)3-2-12-8-4-6(9(14)15)7(10)5-13-8/h4-5,11H,2-3H2,1H3,(H,12,13)(H,14,15). The van der Waals surface area contributed by atoms with Crippen LogP contribution >= 0.6 is 11.6 Å². The van der Waals surface area contributed by atoms with E-state index in [4.69, 9.17) is 16.7 Å². The molecule has 1 aromatic heterocycles. The number of carbonyl (C=O) groups is 1. The minimum Gasteiger partial charge on any atom is -0.478 e. The van der Waals surface area contributed by atoms with Gasteiger partial charge in [-0.25, -0.2) is 22.9 Å². The molecule has 0 aliphatic rings. The van der Waals surface area contributed by atoms with Crippen molar-refractivity contribution in [2.24, 2.45) is 0 Å². The number of rotatable bonds is 6. The summed E-state index contributed by atoms with van der Waals surface area (Å²) < 4.78 is 24.4. The fourth-order valence-electron chi connectivity index (χ4n) is 1.11. The summed E-state index contributed by atoms with van der Waals surface area (Å²) in [7, 11) is -1.99. The van der Waals surface area contributed by atoms with Crippen molar-refractivity contribution in [3.8, 4) is 0 Å². The van der Waals surface area contributed by atoms with E-state index >= 15 is 0 Å². The molecule has 0 aliphatic carbocycles. The molecule has 1 rings (SSSR count). The Labute approximate surface area is 109 Å². The summed E-state index contributed by atoms with van der Waals surface area (Å²) in [5.74, 6) is -1.06. The third-order valence-corrected chi connectivity index (χ3v) is 3.74. The van der Waals surface area contributed by atoms with Crippen LogP contribution in [-0.4, -0.2) is 43.8 Å². The van der Waals surface area contributed by atoms with Crippen molar-refractivity contribution in [1.29, 1.82) is 0 Å². The number of hydrogen-bond acceptors (Lipinski definition) is 5. The maximum Gasteiger partial charge on any atom is 0.337 e. The number of pyridine rings is 1. The average molecular weight is 294 g/mol. The van der Waals surface area contributed by atoms with Crippen molar-refractivity contribution < 1.29 is 18.3 Å². The van der Waals surface area contributed by atoms with E-state index in [1.54, 1.807) is 0 Å². The van der Waals surface area contributed by atoms with Gasteiger partial charge < -0.3 is 10.4 Å². The molecule has 0 unspecified atom stereocenters. The van der Waals surface area contributed by atoms with Gasteiger partial charge in [0.15, 0.2) is 0 Å². The van der Waals surface area contributed by atoms with E-state index in [1.165, 1.54) is 19.3 Å². The third-order valence-electron chi connectivity index (χ3n) is 2.07. The number of nitrogens with one attached hydrogen (secondary N) is 2. The average Bonchev–Trinajstić information content (AvgIpc) is 2.31. The van der Waals surface area contributed by atoms with Crippen molar-refractivity contribution in [1.82, 2.24) is 9.71 Å². The molecule has 1 heterocycles. The van der Waals surface area contributed by atoms with Gasteiger partial charge in [0.25, 0.3) is 0 Å². The van der Waals surface area contributed by atoms with Crippen LogP contribution < -0.4 is 10.0 Å². The van der Waals surface area contributed by atoms with Crippen LogP contribution in [-0.2, 0) is 10.0 Å². The van der Waals surface area contributed by atoms with Gasteiger partial charge in [0, 0.05) is 12.7 Å². The molecule has 0 aliphatic heterocycles. The number of nitrogens with zero attached hydrogens (tertiary/aromatic N) is 1. The number of carboxylic acids is 1. The molecule has 0 amide bonds. The molecule has 0 aromatic carbocycles. The van der Waals surface area contributed by atoms with Gasteiger partial charge in [-0.05, 0) is 13.1 Å². The molecule has 1 aromatic rings. The van der Waals surface area contributed by atoms with Crippen molar-refractivity contribution in [2.75, 3.05) is 24.7 Å². The number of hydrogen-bond donors (Lipinski definition) is 3. The Morgan fingerprint density at radius 3 is 2.78 bits per heavy atom. The smallest absolute Gasteiger partial charge is 0.337 e. The van der Waals surface area contributed by atoms with Crippen LogP contribution in [0, 0.1) is 0 Å². The summed E-state index contributed by atoms with van der Waals surface area (Å²) in [6.45, 7) is 0.108. The molecule has 0 atom stereocenters. The molecular weight excluding hydrogens is 282 g/mol. The largest absolute Gasteiger partial charge is 0.478 e. The van der Waals surface area contributed by atoms with E-state index < -0.39 is 16.0 Å². The van der Waals surface area contributed by atoms with Crippen LogP contribution in [0.3, 0.4) is 0 Å². The topological polar surface area (TPSA) is 108 Å². The minimum absolute atomic E-state index is 0.0240. The Bertz CT molecular complexity index is 547. The van der Waals surface area contributed by atoms with E-state index in [-0.39, 0.29) is 28.7 Å². The number of aromatic carboxylic acids is 1. The Kier molecular flexibility index (Phi) is 4.88. The number of carboxylic acid groups (broad SMARTS) is 1. The Hall–Kier alpha value is -1.38. The van der Waals surface area contributed by atoms with Crippen LogP contribution in [0.1, 0.15) is 10.4 Å². The molecule has 100 valence electrons. The SMILES string of the molecule is CNS(=O)(=O)CCNc1cc(C(=O)O)c(Cl)cn1. The van der Waals surface area contributed by atoms with Crippen LogP contribution in [0.25, 0.3) is 0 Å². The van der Waals surface area contributed by atoms with Crippen molar-refractivity contribution in [3.63, 3.8) is 0 Å². The molecule has 7 nitrogen and oxygen atoms in total. The van der Waals surface area contributed by atoms with Gasteiger partial charge in [0.05, 0.1) is 16.3 Å². The highest BCUT2D eigenvalue weighted by molar-refractivity contribution is 7.89. The van der Waals surface area contributed by atoms with E-state index in [0.29, 0.717) is 0 Å². The lowest BCUT2D eigenvalue weighted by molar-refractivity contribution is 0.0697. The molecule has 3 N–H and O–H groups in total. The highest BCUT2D eigenvalue weighted by Gasteiger charge is 2.11. The first kappa shape index (κ1) is 14.7. The van der Waals surface area contributed by atoms with Gasteiger partial charge >= 0.3 is 5.97 Å². The zero-order valence-corrected chi connectivity index (χ0v) is 11.0. The molecule has 0 saturated heterocycles. The van der Waals surface area contributed by atoms with Crippen LogP contribution in [0.5, 0.6) is 0 Å². The Morgan fingerprint density at radius 1 is 1.56 bits per heavy atom. The lowest BCUT2D eigenvalue weighted by Crippen LogP contribution is -2.26. The molecule has 0 spiro atoms. The summed E-state index contributed by atoms with van der Waals surface area (Å²) in [4.78, 5) is 14.7. The van der Waals surface area contributed by atoms with E-state index in [2.05, 4.69) is 15.0 Å². The Balaban J connectivity index is 2.69. The molecule has 18 heavy (non-hydrogen) atoms. The maximum absolute atomic E-state index is 11.1. The van der Waals surface area contributed by atoms with Gasteiger partial charge in [-0.1, -0.05) is 11.6 Å². The number of halogens is 1. The summed E-state index contributed by atoms with van der Waals surface area (Å²) in [5, 5.41) is 11.6. The first-order valence-corrected chi connectivity index (χ1v) is 6.92. The molecule has 9 heteroatoms. The van der Waals surface area contributed by atoms with Gasteiger partial charge in [0.1, 0.15) is 5.82 Å². The van der Waals surface area contributed by atoms with E-state index in [9.17, 15) is 13.2 Å². The van der Waals surface area contributed by atoms with Crippen LogP contribution in [0.4, 0.5) is 5.82 Å². The maximum atomic E-state index is 11.1. The lowest BCUT2D eigenvalue weighted by Gasteiger charge is -2.07. The van der Waals surface area contributed by atoms with Gasteiger partial charge in [-0.15, -0.1) is 0 Å². The highest BCUT2D eigenvalue weighted by Crippen LogP contribution is 2.17. The van der Waals surface area contributed by atoms with Crippen LogP contribution in [0.15, 0.2) is 12.3 Å². The van der Waals surface area contributed by atoms with E-state index in [1.807, 2.05) is 0 Å². The monoisotopic (exact) mass is 293 g/mol. The zero-order chi connectivity index (χ0) is 13.8. The molecule has 0 bridgehead atoms. The second kappa shape index (κ2) is 5.98. The number of aromatic nitrogens is 1. The predicted molar refractivity (Wildman–Crippen MR) is 67.5 cm³/mol. The quantitative estimate of drug-likeness (QED) is 0.700. The van der Waals surface area contributed by atoms with Crippen molar-refractivity contribution in [3.05, 3.63) is 22.8 Å². The summed E-state index contributed by atoms with van der Waals surface area (Å²) in [6, 6.07) is 1.25. The molecule has 0 radical (unpaired) electrons. The number of anilines is 1. The summed E-state index contributed by atoms with van der Waals surface area (Å²) in [6.07, 6.45) is 1.19. The molecule has 0 fully saturated rings. The normalized spacial score (nSPS) is 11.2. The van der Waals surface area contributed by atoms with Gasteiger partial charge in [-0.2, -0.15) is 0 Å². The second-order valence-corrected chi connectivity index (χ2v) is 5.76. The fourth-order valence-corrected chi connectivity index (χ4v) is 1.87. The Morgan fingerprint density at radius 2 is 2.22 bits per heavy atom. The first-order valence-electron chi connectivity index (χ1n) is 4.89. The lowest BCUT2D eigenvalue weighted by atomic mass is 10.2. The molecule has 0 saturated carbocycles. The minimum atomic E-state index is -3.31. The highest BCUT2D eigenvalue weighted by atomic mass is 35.5.